The maximum absolute atomic E-state index is 12.2. The summed E-state index contributed by atoms with van der Waals surface area (Å²) in [5.74, 6) is 0.0940. The van der Waals surface area contributed by atoms with Gasteiger partial charge in [0.1, 0.15) is 5.69 Å². The van der Waals surface area contributed by atoms with Crippen molar-refractivity contribution >= 4 is 17.8 Å². The number of pyridine rings is 1. The number of anilines is 1. The molecule has 22 heavy (non-hydrogen) atoms. The zero-order chi connectivity index (χ0) is 15.5. The first-order chi connectivity index (χ1) is 10.6. The van der Waals surface area contributed by atoms with E-state index in [0.29, 0.717) is 24.5 Å². The second kappa shape index (κ2) is 5.92. The fourth-order valence-corrected chi connectivity index (χ4v) is 2.31. The van der Waals surface area contributed by atoms with Crippen LogP contribution in [-0.4, -0.2) is 50.5 Å². The number of hydrogen-bond donors (Lipinski definition) is 2. The van der Waals surface area contributed by atoms with Gasteiger partial charge in [0.2, 0.25) is 17.8 Å². The van der Waals surface area contributed by atoms with Crippen molar-refractivity contribution in [3.63, 3.8) is 0 Å². The van der Waals surface area contributed by atoms with Crippen molar-refractivity contribution in [2.75, 3.05) is 18.9 Å². The van der Waals surface area contributed by atoms with Crippen molar-refractivity contribution in [3.8, 4) is 11.5 Å². The maximum Gasteiger partial charge on any atom is 0.249 e. The number of carbonyl (C=O) groups excluding carboxylic acids is 2. The number of aromatic nitrogens is 4. The third-order valence-electron chi connectivity index (χ3n) is 3.66. The summed E-state index contributed by atoms with van der Waals surface area (Å²) >= 11 is 0. The normalized spacial score (nSPS) is 18.3. The van der Waals surface area contributed by atoms with Crippen molar-refractivity contribution in [1.82, 2.24) is 25.1 Å². The van der Waals surface area contributed by atoms with E-state index < -0.39 is 0 Å². The van der Waals surface area contributed by atoms with E-state index in [4.69, 9.17) is 0 Å². The van der Waals surface area contributed by atoms with Crippen LogP contribution in [0.4, 0.5) is 5.95 Å². The topological polar surface area (TPSA) is 104 Å². The average Bonchev–Trinajstić information content (AvgIpc) is 2.99. The number of nitrogens with zero attached hydrogens (tertiary/aromatic N) is 4. The molecule has 3 rings (SSSR count). The van der Waals surface area contributed by atoms with Gasteiger partial charge in [0.05, 0.1) is 0 Å². The lowest BCUT2D eigenvalue weighted by Gasteiger charge is -2.27. The standard InChI is InChI=1S/C14H16N6O2/c1-20-7-5-9(8-11(20)21)13(22)17-14-16-12(18-19-14)10-4-2-3-6-15-10/h2-4,6,9H,5,7-8H2,1H3,(H2,16,17,18,19,22)/t9-/m0/s1. The Morgan fingerprint density at radius 3 is 3.05 bits per heavy atom. The molecule has 1 atom stereocenters. The molecule has 0 aliphatic carbocycles. The van der Waals surface area contributed by atoms with E-state index in [2.05, 4.69) is 25.5 Å². The molecule has 0 spiro atoms. The number of rotatable bonds is 3. The predicted molar refractivity (Wildman–Crippen MR) is 78.6 cm³/mol. The molecule has 0 unspecified atom stereocenters. The first kappa shape index (κ1) is 14.2. The molecule has 0 bridgehead atoms. The molecule has 0 radical (unpaired) electrons. The van der Waals surface area contributed by atoms with Gasteiger partial charge in [-0.15, -0.1) is 5.10 Å². The number of nitrogens with one attached hydrogen (secondary N) is 2. The van der Waals surface area contributed by atoms with Crippen molar-refractivity contribution < 1.29 is 9.59 Å². The number of amides is 2. The molecule has 8 heteroatoms. The summed E-state index contributed by atoms with van der Waals surface area (Å²) in [5.41, 5.74) is 0.643. The highest BCUT2D eigenvalue weighted by molar-refractivity contribution is 5.94. The number of likely N-dealkylation sites (tertiary alicyclic amines) is 1. The fourth-order valence-electron chi connectivity index (χ4n) is 2.31. The lowest BCUT2D eigenvalue weighted by atomic mass is 9.96. The Kier molecular flexibility index (Phi) is 3.82. The Hall–Kier alpha value is -2.77. The number of aromatic amines is 1. The summed E-state index contributed by atoms with van der Waals surface area (Å²) in [4.78, 5) is 33.8. The molecule has 0 saturated carbocycles. The predicted octanol–water partition coefficient (Wildman–Crippen LogP) is 0.674. The highest BCUT2D eigenvalue weighted by Crippen LogP contribution is 2.19. The van der Waals surface area contributed by atoms with Crippen LogP contribution >= 0.6 is 0 Å². The van der Waals surface area contributed by atoms with Crippen molar-refractivity contribution in [2.24, 2.45) is 5.92 Å². The highest BCUT2D eigenvalue weighted by Gasteiger charge is 2.29. The average molecular weight is 300 g/mol. The lowest BCUT2D eigenvalue weighted by Crippen LogP contribution is -2.40. The zero-order valence-electron chi connectivity index (χ0n) is 12.1. The van der Waals surface area contributed by atoms with E-state index in [1.807, 2.05) is 6.07 Å². The van der Waals surface area contributed by atoms with E-state index >= 15 is 0 Å². The second-order valence-electron chi connectivity index (χ2n) is 5.22. The second-order valence-corrected chi connectivity index (χ2v) is 5.22. The van der Waals surface area contributed by atoms with Crippen LogP contribution in [0.15, 0.2) is 24.4 Å². The van der Waals surface area contributed by atoms with Crippen LogP contribution in [-0.2, 0) is 9.59 Å². The van der Waals surface area contributed by atoms with E-state index in [9.17, 15) is 9.59 Å². The minimum Gasteiger partial charge on any atom is -0.346 e. The van der Waals surface area contributed by atoms with Crippen LogP contribution in [0.1, 0.15) is 12.8 Å². The molecule has 114 valence electrons. The van der Waals surface area contributed by atoms with Crippen LogP contribution in [0.25, 0.3) is 11.5 Å². The molecule has 1 aliphatic heterocycles. The molecule has 2 aromatic heterocycles. The molecule has 2 aromatic rings. The van der Waals surface area contributed by atoms with E-state index in [-0.39, 0.29) is 30.1 Å². The van der Waals surface area contributed by atoms with Gasteiger partial charge in [-0.05, 0) is 18.6 Å². The Labute approximate surface area is 127 Å². The summed E-state index contributed by atoms with van der Waals surface area (Å²) in [5, 5.41) is 9.34. The van der Waals surface area contributed by atoms with Gasteiger partial charge in [-0.3, -0.25) is 25.0 Å². The molecule has 3 heterocycles. The van der Waals surface area contributed by atoms with Crippen molar-refractivity contribution in [1.29, 1.82) is 0 Å². The first-order valence-electron chi connectivity index (χ1n) is 7.02. The van der Waals surface area contributed by atoms with Crippen LogP contribution in [0.5, 0.6) is 0 Å². The number of carbonyl (C=O) groups is 2. The van der Waals surface area contributed by atoms with Gasteiger partial charge >= 0.3 is 0 Å². The quantitative estimate of drug-likeness (QED) is 0.867. The smallest absolute Gasteiger partial charge is 0.249 e. The van der Waals surface area contributed by atoms with Gasteiger partial charge in [-0.2, -0.15) is 4.98 Å². The summed E-state index contributed by atoms with van der Waals surface area (Å²) < 4.78 is 0. The number of H-pyrrole nitrogens is 1. The van der Waals surface area contributed by atoms with Crippen LogP contribution < -0.4 is 5.32 Å². The molecular weight excluding hydrogens is 284 g/mol. The minimum atomic E-state index is -0.333. The number of piperidine rings is 1. The largest absolute Gasteiger partial charge is 0.346 e. The molecule has 2 amide bonds. The Morgan fingerprint density at radius 1 is 1.45 bits per heavy atom. The molecule has 1 saturated heterocycles. The summed E-state index contributed by atoms with van der Waals surface area (Å²) in [6.07, 6.45) is 2.52. The van der Waals surface area contributed by atoms with E-state index in [1.165, 1.54) is 0 Å². The van der Waals surface area contributed by atoms with Gasteiger partial charge in [0, 0.05) is 32.1 Å². The molecular formula is C14H16N6O2. The maximum atomic E-state index is 12.2. The molecule has 2 N–H and O–H groups in total. The third-order valence-corrected chi connectivity index (χ3v) is 3.66. The van der Waals surface area contributed by atoms with Crippen molar-refractivity contribution in [2.45, 2.75) is 12.8 Å². The molecule has 1 fully saturated rings. The van der Waals surface area contributed by atoms with E-state index in [1.54, 1.807) is 30.3 Å². The number of hydrogen-bond acceptors (Lipinski definition) is 5. The lowest BCUT2D eigenvalue weighted by molar-refractivity contribution is -0.137. The van der Waals surface area contributed by atoms with Crippen LogP contribution in [0, 0.1) is 5.92 Å². The van der Waals surface area contributed by atoms with Crippen LogP contribution in [0.2, 0.25) is 0 Å². The van der Waals surface area contributed by atoms with Gasteiger partial charge in [-0.25, -0.2) is 0 Å². The molecule has 1 aliphatic rings. The zero-order valence-corrected chi connectivity index (χ0v) is 12.1. The Bertz CT molecular complexity index is 684. The van der Waals surface area contributed by atoms with Gasteiger partial charge < -0.3 is 4.90 Å². The minimum absolute atomic E-state index is 0.0180. The van der Waals surface area contributed by atoms with Gasteiger partial charge in [0.25, 0.3) is 0 Å². The first-order valence-corrected chi connectivity index (χ1v) is 7.02. The Morgan fingerprint density at radius 2 is 2.32 bits per heavy atom. The summed E-state index contributed by atoms with van der Waals surface area (Å²) in [7, 11) is 1.74. The molecule has 8 nitrogen and oxygen atoms in total. The fraction of sp³-hybridized carbons (Fsp3) is 0.357. The van der Waals surface area contributed by atoms with Gasteiger partial charge in [0.15, 0.2) is 5.82 Å². The van der Waals surface area contributed by atoms with Crippen molar-refractivity contribution in [3.05, 3.63) is 24.4 Å². The summed E-state index contributed by atoms with van der Waals surface area (Å²) in [6.45, 7) is 0.587. The monoisotopic (exact) mass is 300 g/mol. The Balaban J connectivity index is 1.65. The highest BCUT2D eigenvalue weighted by atomic mass is 16.2. The third kappa shape index (κ3) is 2.95. The van der Waals surface area contributed by atoms with Crippen LogP contribution in [0.3, 0.4) is 0 Å². The molecule has 0 aromatic carbocycles. The van der Waals surface area contributed by atoms with E-state index in [0.717, 1.165) is 0 Å². The van der Waals surface area contributed by atoms with Gasteiger partial charge in [-0.1, -0.05) is 6.07 Å². The summed E-state index contributed by atoms with van der Waals surface area (Å²) in [6, 6.07) is 5.44. The SMILES string of the molecule is CN1CC[C@H](C(=O)Nc2n[nH]c(-c3ccccn3)n2)CC1=O.